The average Bonchev–Trinajstić information content (AvgIpc) is 2.69. The zero-order valence-electron chi connectivity index (χ0n) is 11.3. The first-order valence-electron chi connectivity index (χ1n) is 6.60. The minimum Gasteiger partial charge on any atom is -0.353 e. The van der Waals surface area contributed by atoms with E-state index < -0.39 is 0 Å². The fraction of sp³-hybridized carbons (Fsp3) is 0.923. The van der Waals surface area contributed by atoms with Crippen LogP contribution < -0.4 is 10.6 Å². The van der Waals surface area contributed by atoms with Gasteiger partial charge in [0.15, 0.2) is 0 Å². The number of halogens is 1. The average molecular weight is 263 g/mol. The lowest BCUT2D eigenvalue weighted by molar-refractivity contribution is -0.125. The third-order valence-electron chi connectivity index (χ3n) is 3.24. The smallest absolute Gasteiger partial charge is 0.224 e. The van der Waals surface area contributed by atoms with E-state index in [1.807, 2.05) is 0 Å². The molecule has 1 aliphatic heterocycles. The Morgan fingerprint density at radius 1 is 1.35 bits per heavy atom. The quantitative estimate of drug-likeness (QED) is 0.772. The predicted molar refractivity (Wildman–Crippen MR) is 74.5 cm³/mol. The van der Waals surface area contributed by atoms with Crippen LogP contribution in [-0.4, -0.2) is 25.0 Å². The zero-order chi connectivity index (χ0) is 12.0. The molecule has 0 aromatic rings. The lowest BCUT2D eigenvalue weighted by atomic mass is 10.0. The molecule has 1 rings (SSSR count). The largest absolute Gasteiger partial charge is 0.353 e. The molecule has 0 saturated carbocycles. The Kier molecular flexibility index (Phi) is 8.61. The number of amides is 1. The van der Waals surface area contributed by atoms with E-state index in [-0.39, 0.29) is 24.2 Å². The Balaban J connectivity index is 0.00000256. The Morgan fingerprint density at radius 2 is 2.06 bits per heavy atom. The molecule has 0 aliphatic carbocycles. The van der Waals surface area contributed by atoms with Gasteiger partial charge in [-0.15, -0.1) is 12.4 Å². The Labute approximate surface area is 112 Å². The molecule has 0 aromatic carbocycles. The van der Waals surface area contributed by atoms with Gasteiger partial charge in [-0.1, -0.05) is 26.7 Å². The van der Waals surface area contributed by atoms with Crippen molar-refractivity contribution >= 4 is 18.3 Å². The molecular weight excluding hydrogens is 236 g/mol. The van der Waals surface area contributed by atoms with Crippen LogP contribution in [0.3, 0.4) is 0 Å². The fourth-order valence-corrected chi connectivity index (χ4v) is 2.14. The fourth-order valence-electron chi connectivity index (χ4n) is 2.14. The van der Waals surface area contributed by atoms with Crippen LogP contribution >= 0.6 is 12.4 Å². The van der Waals surface area contributed by atoms with Gasteiger partial charge in [-0.25, -0.2) is 0 Å². The van der Waals surface area contributed by atoms with Crippen molar-refractivity contribution in [3.8, 4) is 0 Å². The summed E-state index contributed by atoms with van der Waals surface area (Å²) in [6.07, 6.45) is 4.56. The summed E-state index contributed by atoms with van der Waals surface area (Å²) in [5, 5.41) is 6.34. The number of carbonyl (C=O) groups excluding carboxylic acids is 1. The van der Waals surface area contributed by atoms with Crippen LogP contribution in [0.4, 0.5) is 0 Å². The second kappa shape index (κ2) is 8.76. The molecule has 102 valence electrons. The van der Waals surface area contributed by atoms with E-state index in [1.165, 1.54) is 12.8 Å². The second-order valence-electron chi connectivity index (χ2n) is 5.42. The molecule has 1 saturated heterocycles. The summed E-state index contributed by atoms with van der Waals surface area (Å²) < 4.78 is 0. The SMILES string of the molecule is CC(C)CCCC(C)NC(=O)C1CCNC1.Cl. The Morgan fingerprint density at radius 3 is 2.59 bits per heavy atom. The van der Waals surface area contributed by atoms with Crippen molar-refractivity contribution in [2.45, 2.75) is 52.5 Å². The molecule has 1 fully saturated rings. The van der Waals surface area contributed by atoms with E-state index in [1.54, 1.807) is 0 Å². The van der Waals surface area contributed by atoms with Crippen LogP contribution in [-0.2, 0) is 4.79 Å². The van der Waals surface area contributed by atoms with Gasteiger partial charge in [0.2, 0.25) is 5.91 Å². The molecular formula is C13H27ClN2O. The van der Waals surface area contributed by atoms with E-state index in [9.17, 15) is 4.79 Å². The molecule has 1 aliphatic rings. The van der Waals surface area contributed by atoms with Crippen molar-refractivity contribution < 1.29 is 4.79 Å². The van der Waals surface area contributed by atoms with Crippen molar-refractivity contribution in [2.75, 3.05) is 13.1 Å². The van der Waals surface area contributed by atoms with Crippen molar-refractivity contribution in [1.82, 2.24) is 10.6 Å². The molecule has 3 nitrogen and oxygen atoms in total. The monoisotopic (exact) mass is 262 g/mol. The van der Waals surface area contributed by atoms with E-state index in [4.69, 9.17) is 0 Å². The summed E-state index contributed by atoms with van der Waals surface area (Å²) >= 11 is 0. The number of rotatable bonds is 6. The molecule has 0 bridgehead atoms. The summed E-state index contributed by atoms with van der Waals surface area (Å²) in [5.41, 5.74) is 0. The van der Waals surface area contributed by atoms with E-state index >= 15 is 0 Å². The van der Waals surface area contributed by atoms with Gasteiger partial charge in [0.25, 0.3) is 0 Å². The van der Waals surface area contributed by atoms with Gasteiger partial charge >= 0.3 is 0 Å². The van der Waals surface area contributed by atoms with Crippen molar-refractivity contribution in [3.63, 3.8) is 0 Å². The first-order valence-corrected chi connectivity index (χ1v) is 6.60. The first kappa shape index (κ1) is 16.7. The summed E-state index contributed by atoms with van der Waals surface area (Å²) in [6, 6.07) is 0.326. The Bertz CT molecular complexity index is 215. The summed E-state index contributed by atoms with van der Waals surface area (Å²) in [7, 11) is 0. The topological polar surface area (TPSA) is 41.1 Å². The van der Waals surface area contributed by atoms with Crippen LogP contribution in [0.25, 0.3) is 0 Å². The van der Waals surface area contributed by atoms with Gasteiger partial charge in [-0.3, -0.25) is 4.79 Å². The molecule has 1 heterocycles. The van der Waals surface area contributed by atoms with Crippen LogP contribution in [0.2, 0.25) is 0 Å². The number of nitrogens with one attached hydrogen (secondary N) is 2. The molecule has 0 aromatic heterocycles. The van der Waals surface area contributed by atoms with Crippen molar-refractivity contribution in [3.05, 3.63) is 0 Å². The van der Waals surface area contributed by atoms with Gasteiger partial charge in [0, 0.05) is 12.6 Å². The standard InChI is InChI=1S/C13H26N2O.ClH/c1-10(2)5-4-6-11(3)15-13(16)12-7-8-14-9-12;/h10-12,14H,4-9H2,1-3H3,(H,15,16);1H. The highest BCUT2D eigenvalue weighted by Gasteiger charge is 2.23. The predicted octanol–water partition coefficient (Wildman–Crippen LogP) is 2.35. The van der Waals surface area contributed by atoms with Crippen LogP contribution in [0.1, 0.15) is 46.5 Å². The van der Waals surface area contributed by atoms with Crippen LogP contribution in [0.5, 0.6) is 0 Å². The van der Waals surface area contributed by atoms with Crippen molar-refractivity contribution in [1.29, 1.82) is 0 Å². The molecule has 17 heavy (non-hydrogen) atoms. The van der Waals surface area contributed by atoms with Gasteiger partial charge < -0.3 is 10.6 Å². The number of hydrogen-bond acceptors (Lipinski definition) is 2. The molecule has 2 N–H and O–H groups in total. The number of carbonyl (C=O) groups is 1. The van der Waals surface area contributed by atoms with Gasteiger partial charge in [-0.2, -0.15) is 0 Å². The highest BCUT2D eigenvalue weighted by atomic mass is 35.5. The Hall–Kier alpha value is -0.280. The van der Waals surface area contributed by atoms with Gasteiger partial charge in [-0.05, 0) is 32.2 Å². The highest BCUT2D eigenvalue weighted by Crippen LogP contribution is 2.11. The maximum absolute atomic E-state index is 11.8. The maximum atomic E-state index is 11.8. The molecule has 0 radical (unpaired) electrons. The van der Waals surface area contributed by atoms with E-state index in [0.717, 1.165) is 31.8 Å². The third-order valence-corrected chi connectivity index (χ3v) is 3.24. The minimum absolute atomic E-state index is 0. The summed E-state index contributed by atoms with van der Waals surface area (Å²) in [6.45, 7) is 8.44. The lowest BCUT2D eigenvalue weighted by Crippen LogP contribution is -2.38. The van der Waals surface area contributed by atoms with Crippen LogP contribution in [0, 0.1) is 11.8 Å². The normalized spacial score (nSPS) is 21.1. The van der Waals surface area contributed by atoms with E-state index in [2.05, 4.69) is 31.4 Å². The first-order chi connectivity index (χ1) is 7.59. The summed E-state index contributed by atoms with van der Waals surface area (Å²) in [5.74, 6) is 1.21. The highest BCUT2D eigenvalue weighted by molar-refractivity contribution is 5.85. The minimum atomic E-state index is 0. The molecule has 2 atom stereocenters. The summed E-state index contributed by atoms with van der Waals surface area (Å²) in [4.78, 5) is 11.8. The third kappa shape index (κ3) is 6.89. The van der Waals surface area contributed by atoms with E-state index in [0.29, 0.717) is 6.04 Å². The van der Waals surface area contributed by atoms with Gasteiger partial charge in [0.05, 0.1) is 5.92 Å². The molecule has 1 amide bonds. The molecule has 0 spiro atoms. The number of hydrogen-bond donors (Lipinski definition) is 2. The maximum Gasteiger partial charge on any atom is 0.224 e. The molecule has 4 heteroatoms. The zero-order valence-corrected chi connectivity index (χ0v) is 12.1. The van der Waals surface area contributed by atoms with Crippen molar-refractivity contribution in [2.24, 2.45) is 11.8 Å². The van der Waals surface area contributed by atoms with Crippen LogP contribution in [0.15, 0.2) is 0 Å². The van der Waals surface area contributed by atoms with Gasteiger partial charge in [0.1, 0.15) is 0 Å². The lowest BCUT2D eigenvalue weighted by Gasteiger charge is -2.17. The second-order valence-corrected chi connectivity index (χ2v) is 5.42. The molecule has 2 unspecified atom stereocenters.